The van der Waals surface area contributed by atoms with Crippen molar-refractivity contribution in [1.82, 2.24) is 9.55 Å². The average molecular weight is 433 g/mol. The van der Waals surface area contributed by atoms with Crippen molar-refractivity contribution in [2.24, 2.45) is 5.73 Å². The van der Waals surface area contributed by atoms with E-state index in [0.29, 0.717) is 16.6 Å². The number of thiophene rings is 1. The van der Waals surface area contributed by atoms with E-state index in [1.165, 1.54) is 59.4 Å². The van der Waals surface area contributed by atoms with Crippen molar-refractivity contribution in [3.05, 3.63) is 27.4 Å². The van der Waals surface area contributed by atoms with Crippen LogP contribution in [0.5, 0.6) is 0 Å². The molecule has 0 bridgehead atoms. The number of imidazole rings is 1. The molecule has 2 aromatic heterocycles. The van der Waals surface area contributed by atoms with Crippen LogP contribution in [-0.4, -0.2) is 26.6 Å². The Morgan fingerprint density at radius 2 is 1.97 bits per heavy atom. The number of amides is 2. The van der Waals surface area contributed by atoms with Crippen LogP contribution in [-0.2, 0) is 17.6 Å². The Labute approximate surface area is 179 Å². The van der Waals surface area contributed by atoms with Gasteiger partial charge in [-0.25, -0.2) is 4.98 Å². The number of nitrogens with zero attached hydrogens (tertiary/aromatic N) is 2. The summed E-state index contributed by atoms with van der Waals surface area (Å²) in [6.07, 6.45) is 7.71. The van der Waals surface area contributed by atoms with Crippen LogP contribution in [0.4, 0.5) is 5.00 Å². The van der Waals surface area contributed by atoms with Gasteiger partial charge in [0.15, 0.2) is 5.16 Å². The number of rotatable bonds is 6. The van der Waals surface area contributed by atoms with E-state index in [9.17, 15) is 9.59 Å². The van der Waals surface area contributed by atoms with Crippen LogP contribution in [0.15, 0.2) is 5.16 Å². The first-order valence-corrected chi connectivity index (χ1v) is 12.0. The average Bonchev–Trinajstić information content (AvgIpc) is 3.41. The molecule has 2 aliphatic rings. The lowest BCUT2D eigenvalue weighted by Crippen LogP contribution is -2.24. The van der Waals surface area contributed by atoms with Crippen LogP contribution in [0.3, 0.4) is 0 Å². The van der Waals surface area contributed by atoms with Crippen molar-refractivity contribution in [2.45, 2.75) is 82.2 Å². The van der Waals surface area contributed by atoms with Gasteiger partial charge in [0, 0.05) is 16.6 Å². The maximum absolute atomic E-state index is 12.9. The normalized spacial score (nSPS) is 17.5. The van der Waals surface area contributed by atoms with Gasteiger partial charge in [-0.1, -0.05) is 24.6 Å². The molecule has 2 amide bonds. The molecule has 2 aliphatic carbocycles. The second-order valence-electron chi connectivity index (χ2n) is 8.05. The summed E-state index contributed by atoms with van der Waals surface area (Å²) in [6, 6.07) is 0.482. The molecule has 156 valence electrons. The number of primary amides is 1. The van der Waals surface area contributed by atoms with Crippen molar-refractivity contribution in [3.8, 4) is 0 Å². The molecular weight excluding hydrogens is 404 g/mol. The zero-order valence-corrected chi connectivity index (χ0v) is 18.8. The minimum absolute atomic E-state index is 0.117. The molecule has 0 aliphatic heterocycles. The summed E-state index contributed by atoms with van der Waals surface area (Å²) < 4.78 is 2.32. The Balaban J connectivity index is 1.52. The first-order chi connectivity index (χ1) is 13.9. The van der Waals surface area contributed by atoms with E-state index < -0.39 is 5.91 Å². The van der Waals surface area contributed by atoms with Gasteiger partial charge in [-0.2, -0.15) is 0 Å². The van der Waals surface area contributed by atoms with Gasteiger partial charge in [-0.3, -0.25) is 9.59 Å². The number of carbonyl (C=O) groups excluding carboxylic acids is 2. The van der Waals surface area contributed by atoms with Crippen LogP contribution >= 0.6 is 23.1 Å². The molecule has 8 heteroatoms. The van der Waals surface area contributed by atoms with Gasteiger partial charge in [0.25, 0.3) is 5.91 Å². The number of nitrogens with one attached hydrogen (secondary N) is 1. The number of aryl methyl sites for hydroxylation is 2. The monoisotopic (exact) mass is 432 g/mol. The molecular formula is C21H28N4O2S2. The fourth-order valence-electron chi connectivity index (χ4n) is 4.45. The highest BCUT2D eigenvalue weighted by atomic mass is 32.2. The summed E-state index contributed by atoms with van der Waals surface area (Å²) in [5, 5.41) is 4.17. The summed E-state index contributed by atoms with van der Waals surface area (Å²) >= 11 is 2.99. The smallest absolute Gasteiger partial charge is 0.251 e. The van der Waals surface area contributed by atoms with E-state index in [1.54, 1.807) is 0 Å². The van der Waals surface area contributed by atoms with Crippen LogP contribution in [0.1, 0.15) is 77.3 Å². The quantitative estimate of drug-likeness (QED) is 0.663. The molecule has 2 heterocycles. The minimum atomic E-state index is -0.456. The maximum Gasteiger partial charge on any atom is 0.251 e. The number of aromatic nitrogens is 2. The third kappa shape index (κ3) is 3.84. The maximum atomic E-state index is 12.9. The first kappa shape index (κ1) is 20.5. The van der Waals surface area contributed by atoms with E-state index in [-0.39, 0.29) is 11.2 Å². The lowest BCUT2D eigenvalue weighted by Gasteiger charge is -2.18. The fourth-order valence-corrected chi connectivity index (χ4v) is 6.82. The van der Waals surface area contributed by atoms with Crippen molar-refractivity contribution in [1.29, 1.82) is 0 Å². The van der Waals surface area contributed by atoms with Gasteiger partial charge < -0.3 is 15.6 Å². The molecule has 3 N–H and O–H groups in total. The topological polar surface area (TPSA) is 90.0 Å². The predicted molar refractivity (Wildman–Crippen MR) is 118 cm³/mol. The molecule has 0 spiro atoms. The van der Waals surface area contributed by atoms with Crippen molar-refractivity contribution < 1.29 is 9.59 Å². The molecule has 0 saturated heterocycles. The Bertz CT molecular complexity index is 957. The van der Waals surface area contributed by atoms with Gasteiger partial charge in [0.1, 0.15) is 5.00 Å². The highest BCUT2D eigenvalue weighted by Crippen LogP contribution is 2.40. The zero-order valence-electron chi connectivity index (χ0n) is 17.2. The molecule has 1 atom stereocenters. The number of carbonyl (C=O) groups is 2. The predicted octanol–water partition coefficient (Wildman–Crippen LogP) is 4.38. The molecule has 1 saturated carbocycles. The lowest BCUT2D eigenvalue weighted by molar-refractivity contribution is -0.115. The molecule has 6 nitrogen and oxygen atoms in total. The van der Waals surface area contributed by atoms with Gasteiger partial charge in [0.05, 0.1) is 16.5 Å². The van der Waals surface area contributed by atoms with Crippen LogP contribution in [0.25, 0.3) is 0 Å². The SMILES string of the molecule is Cc1nc(SC(C)C(=O)Nc2sc3c(c2C(N)=O)CCC3)n(C2CCCC2)c1C. The molecule has 2 aromatic rings. The summed E-state index contributed by atoms with van der Waals surface area (Å²) in [5.74, 6) is -0.572. The van der Waals surface area contributed by atoms with E-state index in [2.05, 4.69) is 16.8 Å². The van der Waals surface area contributed by atoms with Crippen LogP contribution in [0.2, 0.25) is 0 Å². The van der Waals surface area contributed by atoms with E-state index in [1.807, 2.05) is 13.8 Å². The number of nitrogens with two attached hydrogens (primary N) is 1. The van der Waals surface area contributed by atoms with Crippen molar-refractivity contribution in [3.63, 3.8) is 0 Å². The van der Waals surface area contributed by atoms with Gasteiger partial charge in [-0.05, 0) is 58.4 Å². The number of hydrogen-bond donors (Lipinski definition) is 2. The lowest BCUT2D eigenvalue weighted by atomic mass is 10.1. The Hall–Kier alpha value is -1.80. The number of hydrogen-bond acceptors (Lipinski definition) is 5. The minimum Gasteiger partial charge on any atom is -0.365 e. The second kappa shape index (κ2) is 8.14. The molecule has 1 fully saturated rings. The summed E-state index contributed by atoms with van der Waals surface area (Å²) in [7, 11) is 0. The summed E-state index contributed by atoms with van der Waals surface area (Å²) in [6.45, 7) is 6.03. The van der Waals surface area contributed by atoms with Gasteiger partial charge in [0.2, 0.25) is 5.91 Å². The van der Waals surface area contributed by atoms with Crippen LogP contribution < -0.4 is 11.1 Å². The van der Waals surface area contributed by atoms with Crippen molar-refractivity contribution in [2.75, 3.05) is 5.32 Å². The second-order valence-corrected chi connectivity index (χ2v) is 10.5. The standard InChI is InChI=1S/C21H28N4O2S2/c1-11-12(2)25(14-7-4-5-8-14)21(23-11)28-13(3)19(27)24-20-17(18(22)26)15-9-6-10-16(15)29-20/h13-14H,4-10H2,1-3H3,(H2,22,26)(H,24,27). The third-order valence-corrected chi connectivity index (χ3v) is 8.37. The van der Waals surface area contributed by atoms with E-state index in [4.69, 9.17) is 10.7 Å². The Kier molecular flexibility index (Phi) is 5.75. The number of thioether (sulfide) groups is 1. The highest BCUT2D eigenvalue weighted by Gasteiger charge is 2.29. The number of fused-ring (bicyclic) bond motifs is 1. The highest BCUT2D eigenvalue weighted by molar-refractivity contribution is 8.00. The molecule has 0 aromatic carbocycles. The van der Waals surface area contributed by atoms with Crippen molar-refractivity contribution >= 4 is 39.9 Å². The van der Waals surface area contributed by atoms with E-state index in [0.717, 1.165) is 35.7 Å². The summed E-state index contributed by atoms with van der Waals surface area (Å²) in [5.41, 5.74) is 9.37. The molecule has 0 radical (unpaired) electrons. The number of anilines is 1. The first-order valence-electron chi connectivity index (χ1n) is 10.3. The Morgan fingerprint density at radius 3 is 2.66 bits per heavy atom. The Morgan fingerprint density at radius 1 is 1.24 bits per heavy atom. The van der Waals surface area contributed by atoms with Gasteiger partial charge >= 0.3 is 0 Å². The molecule has 29 heavy (non-hydrogen) atoms. The molecule has 4 rings (SSSR count). The van der Waals surface area contributed by atoms with Crippen LogP contribution in [0, 0.1) is 13.8 Å². The largest absolute Gasteiger partial charge is 0.365 e. The fraction of sp³-hybridized carbons (Fsp3) is 0.571. The summed E-state index contributed by atoms with van der Waals surface area (Å²) in [4.78, 5) is 30.8. The molecule has 1 unspecified atom stereocenters. The third-order valence-electron chi connectivity index (χ3n) is 6.10. The van der Waals surface area contributed by atoms with Gasteiger partial charge in [-0.15, -0.1) is 11.3 Å². The van der Waals surface area contributed by atoms with E-state index >= 15 is 0 Å². The zero-order chi connectivity index (χ0) is 20.7.